The highest BCUT2D eigenvalue weighted by Crippen LogP contribution is 2.26. The lowest BCUT2D eigenvalue weighted by molar-refractivity contribution is 0.0687. The maximum absolute atomic E-state index is 11.0. The summed E-state index contributed by atoms with van der Waals surface area (Å²) in [5.41, 5.74) is -0.140. The number of rotatable bonds is 4. The molecule has 2 heterocycles. The van der Waals surface area contributed by atoms with Crippen molar-refractivity contribution in [3.8, 4) is 10.9 Å². The van der Waals surface area contributed by atoms with Crippen LogP contribution in [0.2, 0.25) is 0 Å². The molecule has 0 aliphatic heterocycles. The van der Waals surface area contributed by atoms with Crippen molar-refractivity contribution < 1.29 is 14.6 Å². The molecule has 0 spiro atoms. The number of hydrogen-bond acceptors (Lipinski definition) is 6. The van der Waals surface area contributed by atoms with E-state index in [1.807, 2.05) is 13.8 Å². The first-order chi connectivity index (χ1) is 8.58. The van der Waals surface area contributed by atoms with Gasteiger partial charge in [-0.25, -0.2) is 9.78 Å². The van der Waals surface area contributed by atoms with Crippen molar-refractivity contribution in [2.24, 2.45) is 0 Å². The molecule has 0 amide bonds. The van der Waals surface area contributed by atoms with Gasteiger partial charge in [-0.3, -0.25) is 0 Å². The average Bonchev–Trinajstić information content (AvgIpc) is 2.78. The third-order valence-electron chi connectivity index (χ3n) is 2.11. The van der Waals surface area contributed by atoms with Gasteiger partial charge in [-0.1, -0.05) is 13.8 Å². The molecule has 0 bridgehead atoms. The van der Waals surface area contributed by atoms with E-state index in [0.717, 1.165) is 11.5 Å². The maximum Gasteiger partial charge on any atom is 0.358 e. The average molecular weight is 265 g/mol. The molecule has 0 aliphatic rings. The molecule has 1 N–H and O–H groups in total. The Bertz CT molecular complexity index is 568. The molecule has 2 rings (SSSR count). The third kappa shape index (κ3) is 2.62. The Morgan fingerprint density at radius 2 is 2.28 bits per heavy atom. The number of carboxylic acid groups (broad SMARTS) is 1. The number of ether oxygens (including phenoxy) is 1. The lowest BCUT2D eigenvalue weighted by Gasteiger charge is -2.03. The SMILES string of the molecule is CC(C)c1nsc(Oc2cccnc2C(=O)O)n1. The molecule has 0 unspecified atom stereocenters. The minimum absolute atomic E-state index is 0.140. The van der Waals surface area contributed by atoms with Crippen molar-refractivity contribution in [2.45, 2.75) is 19.8 Å². The quantitative estimate of drug-likeness (QED) is 0.914. The number of hydrogen-bond donors (Lipinski definition) is 1. The number of nitrogens with zero attached hydrogens (tertiary/aromatic N) is 3. The summed E-state index contributed by atoms with van der Waals surface area (Å²) in [5.74, 6) is -0.0992. The lowest BCUT2D eigenvalue weighted by atomic mass is 10.2. The van der Waals surface area contributed by atoms with E-state index in [2.05, 4.69) is 14.3 Å². The van der Waals surface area contributed by atoms with Crippen molar-refractivity contribution in [1.29, 1.82) is 0 Å². The molecule has 0 atom stereocenters. The van der Waals surface area contributed by atoms with Crippen LogP contribution in [0, 0.1) is 0 Å². The smallest absolute Gasteiger partial charge is 0.358 e. The normalized spacial score (nSPS) is 10.6. The summed E-state index contributed by atoms with van der Waals surface area (Å²) >= 11 is 1.09. The summed E-state index contributed by atoms with van der Waals surface area (Å²) < 4.78 is 9.53. The predicted octanol–water partition coefficient (Wildman–Crippen LogP) is 2.55. The second-order valence-corrected chi connectivity index (χ2v) is 4.54. The Kier molecular flexibility index (Phi) is 3.52. The van der Waals surface area contributed by atoms with E-state index in [1.54, 1.807) is 6.07 Å². The molecule has 0 aliphatic carbocycles. The molecule has 2 aromatic rings. The molecule has 7 heteroatoms. The van der Waals surface area contributed by atoms with Gasteiger partial charge in [-0.15, -0.1) is 0 Å². The highest BCUT2D eigenvalue weighted by molar-refractivity contribution is 7.07. The second kappa shape index (κ2) is 5.09. The lowest BCUT2D eigenvalue weighted by Crippen LogP contribution is -2.02. The number of carbonyl (C=O) groups is 1. The standard InChI is InChI=1S/C11H11N3O3S/c1-6(2)9-13-11(18-14-9)17-7-4-3-5-12-8(7)10(15)16/h3-6H,1-2H3,(H,15,16). The molecule has 0 aromatic carbocycles. The summed E-state index contributed by atoms with van der Waals surface area (Å²) in [4.78, 5) is 18.9. The van der Waals surface area contributed by atoms with Gasteiger partial charge in [0.1, 0.15) is 5.82 Å². The van der Waals surface area contributed by atoms with Crippen LogP contribution in [0.25, 0.3) is 0 Å². The fraction of sp³-hybridized carbons (Fsp3) is 0.273. The van der Waals surface area contributed by atoms with Crippen molar-refractivity contribution in [1.82, 2.24) is 14.3 Å². The Morgan fingerprint density at radius 1 is 1.50 bits per heavy atom. The minimum Gasteiger partial charge on any atom is -0.476 e. The van der Waals surface area contributed by atoms with Crippen molar-refractivity contribution in [3.05, 3.63) is 29.8 Å². The van der Waals surface area contributed by atoms with Crippen molar-refractivity contribution in [3.63, 3.8) is 0 Å². The molecule has 0 saturated carbocycles. The molecule has 0 fully saturated rings. The Morgan fingerprint density at radius 3 is 2.89 bits per heavy atom. The number of aromatic carboxylic acids is 1. The molecule has 18 heavy (non-hydrogen) atoms. The number of carboxylic acids is 1. The molecule has 0 saturated heterocycles. The van der Waals surface area contributed by atoms with Crippen LogP contribution in [-0.4, -0.2) is 25.4 Å². The third-order valence-corrected chi connectivity index (χ3v) is 2.72. The van der Waals surface area contributed by atoms with Gasteiger partial charge in [0, 0.05) is 23.6 Å². The van der Waals surface area contributed by atoms with Crippen LogP contribution in [0.4, 0.5) is 0 Å². The fourth-order valence-corrected chi connectivity index (χ4v) is 1.91. The van der Waals surface area contributed by atoms with Crippen LogP contribution in [0.5, 0.6) is 10.9 Å². The highest BCUT2D eigenvalue weighted by atomic mass is 32.1. The predicted molar refractivity (Wildman–Crippen MR) is 65.3 cm³/mol. The van der Waals surface area contributed by atoms with Gasteiger partial charge < -0.3 is 9.84 Å². The zero-order valence-electron chi connectivity index (χ0n) is 9.82. The summed E-state index contributed by atoms with van der Waals surface area (Å²) in [5, 5.41) is 9.28. The van der Waals surface area contributed by atoms with Crippen LogP contribution in [-0.2, 0) is 0 Å². The monoisotopic (exact) mass is 265 g/mol. The van der Waals surface area contributed by atoms with Gasteiger partial charge in [-0.05, 0) is 12.1 Å². The summed E-state index contributed by atoms with van der Waals surface area (Å²) in [7, 11) is 0. The minimum atomic E-state index is -1.14. The molecular formula is C11H11N3O3S. The molecule has 2 aromatic heterocycles. The highest BCUT2D eigenvalue weighted by Gasteiger charge is 2.15. The maximum atomic E-state index is 11.0. The van der Waals surface area contributed by atoms with Crippen molar-refractivity contribution in [2.75, 3.05) is 0 Å². The van der Waals surface area contributed by atoms with Crippen LogP contribution in [0.15, 0.2) is 18.3 Å². The van der Waals surface area contributed by atoms with Gasteiger partial charge in [0.2, 0.25) is 0 Å². The first-order valence-electron chi connectivity index (χ1n) is 5.27. The topological polar surface area (TPSA) is 85.2 Å². The van der Waals surface area contributed by atoms with E-state index >= 15 is 0 Å². The van der Waals surface area contributed by atoms with Gasteiger partial charge >= 0.3 is 5.97 Å². The number of pyridine rings is 1. The number of aromatic nitrogens is 3. The molecule has 94 valence electrons. The Balaban J connectivity index is 2.25. The zero-order chi connectivity index (χ0) is 13.1. The van der Waals surface area contributed by atoms with Gasteiger partial charge in [0.25, 0.3) is 5.19 Å². The van der Waals surface area contributed by atoms with Crippen LogP contribution >= 0.6 is 11.5 Å². The van der Waals surface area contributed by atoms with Crippen LogP contribution in [0.1, 0.15) is 36.1 Å². The van der Waals surface area contributed by atoms with Gasteiger partial charge in [0.05, 0.1) is 0 Å². The fourth-order valence-electron chi connectivity index (χ4n) is 1.22. The largest absolute Gasteiger partial charge is 0.476 e. The van der Waals surface area contributed by atoms with Crippen LogP contribution in [0.3, 0.4) is 0 Å². The summed E-state index contributed by atoms with van der Waals surface area (Å²) in [6.45, 7) is 3.94. The van der Waals surface area contributed by atoms with E-state index in [4.69, 9.17) is 9.84 Å². The molecular weight excluding hydrogens is 254 g/mol. The van der Waals surface area contributed by atoms with Gasteiger partial charge in [0.15, 0.2) is 11.4 Å². The Hall–Kier alpha value is -2.02. The second-order valence-electron chi connectivity index (χ2n) is 3.83. The van der Waals surface area contributed by atoms with E-state index in [-0.39, 0.29) is 17.4 Å². The van der Waals surface area contributed by atoms with E-state index < -0.39 is 5.97 Å². The van der Waals surface area contributed by atoms with Gasteiger partial charge in [-0.2, -0.15) is 9.36 Å². The van der Waals surface area contributed by atoms with E-state index in [9.17, 15) is 4.79 Å². The first kappa shape index (κ1) is 12.4. The zero-order valence-corrected chi connectivity index (χ0v) is 10.6. The van der Waals surface area contributed by atoms with E-state index in [1.165, 1.54) is 12.3 Å². The molecule has 0 radical (unpaired) electrons. The van der Waals surface area contributed by atoms with Crippen molar-refractivity contribution >= 4 is 17.5 Å². The van der Waals surface area contributed by atoms with Crippen LogP contribution < -0.4 is 4.74 Å². The summed E-state index contributed by atoms with van der Waals surface area (Å²) in [6.07, 6.45) is 1.40. The molecule has 6 nitrogen and oxygen atoms in total. The summed E-state index contributed by atoms with van der Waals surface area (Å²) in [6, 6.07) is 3.14. The Labute approximate surface area is 107 Å². The van der Waals surface area contributed by atoms with E-state index in [0.29, 0.717) is 11.0 Å². The first-order valence-corrected chi connectivity index (χ1v) is 6.05.